The number of benzene rings is 3. The molecule has 0 aliphatic rings. The fourth-order valence-corrected chi connectivity index (χ4v) is 5.84. The fraction of sp³-hybridized carbons (Fsp3) is 0.289. The Morgan fingerprint density at radius 1 is 0.926 bits per heavy atom. The molecule has 0 saturated carbocycles. The van der Waals surface area contributed by atoms with E-state index in [0.717, 1.165) is 22.3 Å². The molecular weight excluding hydrogens is 720 g/mol. The number of rotatable bonds is 11. The molecular formula is C38H41FN6O8S. The molecule has 5 aromatic rings. The van der Waals surface area contributed by atoms with Crippen molar-refractivity contribution in [1.29, 1.82) is 0 Å². The molecule has 16 heteroatoms. The summed E-state index contributed by atoms with van der Waals surface area (Å²) in [5.41, 5.74) is 8.52. The lowest BCUT2D eigenvalue weighted by Crippen LogP contribution is -2.45. The number of methoxy groups -OCH3 is 1. The molecule has 14 nitrogen and oxygen atoms in total. The zero-order chi connectivity index (χ0) is 39.5. The Hall–Kier alpha value is -5.87. The molecule has 3 aromatic carbocycles. The van der Waals surface area contributed by atoms with Gasteiger partial charge >= 0.3 is 12.1 Å². The number of nitrogens with zero attached hydrogens (tertiary/aromatic N) is 4. The number of fused-ring (bicyclic) bond motifs is 1. The third-order valence-corrected chi connectivity index (χ3v) is 9.62. The highest BCUT2D eigenvalue weighted by Crippen LogP contribution is 2.36. The van der Waals surface area contributed by atoms with Gasteiger partial charge in [-0.1, -0.05) is 45.0 Å². The standard InChI is InChI=1S/C38H41FN6O8S/c1-22(24-8-13-27(39)14-9-24)34(46)41-28-15-10-25(11-16-28)26-12-19-32-42-36(43-44(32)21-26)45(30-18-17-29(54(7,49)50)20-31(30)51-6)37(48)53-23(2)52-35(47)33(40)38(3,4)5/h8-23,33H,40H2,1-7H3,(H,41,46)/t22-,23-,33-/m1/s1. The van der Waals surface area contributed by atoms with E-state index in [-0.39, 0.29) is 34.0 Å². The number of aromatic nitrogens is 3. The van der Waals surface area contributed by atoms with E-state index in [1.54, 1.807) is 70.3 Å². The van der Waals surface area contributed by atoms with Crippen molar-refractivity contribution in [2.75, 3.05) is 23.6 Å². The number of hydrogen-bond donors (Lipinski definition) is 2. The predicted molar refractivity (Wildman–Crippen MR) is 200 cm³/mol. The van der Waals surface area contributed by atoms with Crippen LogP contribution < -0.4 is 20.7 Å². The quantitative estimate of drug-likeness (QED) is 0.115. The highest BCUT2D eigenvalue weighted by atomic mass is 32.2. The number of amides is 2. The molecule has 2 aromatic heterocycles. The minimum Gasteiger partial charge on any atom is -0.495 e. The maximum atomic E-state index is 13.8. The maximum absolute atomic E-state index is 13.8. The first-order valence-electron chi connectivity index (χ1n) is 16.7. The molecule has 0 bridgehead atoms. The van der Waals surface area contributed by atoms with Crippen LogP contribution >= 0.6 is 0 Å². The van der Waals surface area contributed by atoms with Crippen molar-refractivity contribution in [2.45, 2.75) is 57.8 Å². The number of ether oxygens (including phenoxy) is 3. The lowest BCUT2D eigenvalue weighted by molar-refractivity contribution is -0.168. The molecule has 5 rings (SSSR count). The summed E-state index contributed by atoms with van der Waals surface area (Å²) in [5, 5.41) is 7.41. The number of carbonyl (C=O) groups is 3. The lowest BCUT2D eigenvalue weighted by atomic mass is 9.87. The van der Waals surface area contributed by atoms with Gasteiger partial charge in [0.25, 0.3) is 5.95 Å². The van der Waals surface area contributed by atoms with Gasteiger partial charge in [-0.2, -0.15) is 4.98 Å². The summed E-state index contributed by atoms with van der Waals surface area (Å²) in [4.78, 5) is 44.8. The van der Waals surface area contributed by atoms with Gasteiger partial charge < -0.3 is 25.3 Å². The van der Waals surface area contributed by atoms with Crippen molar-refractivity contribution in [3.05, 3.63) is 96.4 Å². The van der Waals surface area contributed by atoms with E-state index in [1.807, 2.05) is 12.1 Å². The third kappa shape index (κ3) is 9.01. The maximum Gasteiger partial charge on any atom is 0.424 e. The van der Waals surface area contributed by atoms with Gasteiger partial charge in [0.15, 0.2) is 15.5 Å². The number of anilines is 3. The number of carbonyl (C=O) groups excluding carboxylic acids is 3. The predicted octanol–water partition coefficient (Wildman–Crippen LogP) is 6.23. The second kappa shape index (κ2) is 15.6. The van der Waals surface area contributed by atoms with Crippen molar-refractivity contribution in [2.24, 2.45) is 11.1 Å². The Labute approximate surface area is 312 Å². The molecule has 2 amide bonds. The molecule has 284 valence electrons. The third-order valence-electron chi connectivity index (χ3n) is 8.51. The summed E-state index contributed by atoms with van der Waals surface area (Å²) in [7, 11) is -2.34. The average molecular weight is 761 g/mol. The number of nitrogens with two attached hydrogens (primary N) is 1. The second-order valence-corrected chi connectivity index (χ2v) is 15.7. The van der Waals surface area contributed by atoms with E-state index in [4.69, 9.17) is 19.9 Å². The minimum atomic E-state index is -3.64. The van der Waals surface area contributed by atoms with Crippen molar-refractivity contribution in [3.63, 3.8) is 0 Å². The van der Waals surface area contributed by atoms with Gasteiger partial charge in [0.05, 0.1) is 23.6 Å². The molecule has 54 heavy (non-hydrogen) atoms. The Balaban J connectivity index is 1.43. The normalized spacial score (nSPS) is 13.4. The van der Waals surface area contributed by atoms with Crippen molar-refractivity contribution < 1.29 is 41.4 Å². The summed E-state index contributed by atoms with van der Waals surface area (Å²) in [6, 6.07) is 19.2. The van der Waals surface area contributed by atoms with Gasteiger partial charge in [0, 0.05) is 36.7 Å². The molecule has 0 spiro atoms. The lowest BCUT2D eigenvalue weighted by Gasteiger charge is -2.27. The molecule has 0 aliphatic carbocycles. The molecule has 3 atom stereocenters. The number of esters is 1. The Bertz CT molecular complexity index is 2290. The highest BCUT2D eigenvalue weighted by molar-refractivity contribution is 7.90. The average Bonchev–Trinajstić information content (AvgIpc) is 3.53. The van der Waals surface area contributed by atoms with Gasteiger partial charge in [0.1, 0.15) is 17.6 Å². The van der Waals surface area contributed by atoms with Crippen molar-refractivity contribution >= 4 is 50.8 Å². The van der Waals surface area contributed by atoms with Crippen LogP contribution in [0.5, 0.6) is 5.75 Å². The number of sulfone groups is 1. The van der Waals surface area contributed by atoms with Crippen LogP contribution in [0, 0.1) is 11.2 Å². The topological polar surface area (TPSA) is 185 Å². The van der Waals surface area contributed by atoms with Crippen LogP contribution in [0.1, 0.15) is 46.1 Å². The van der Waals surface area contributed by atoms with Crippen LogP contribution in [0.25, 0.3) is 16.8 Å². The van der Waals surface area contributed by atoms with Gasteiger partial charge in [-0.3, -0.25) is 9.59 Å². The first-order chi connectivity index (χ1) is 25.3. The zero-order valence-electron chi connectivity index (χ0n) is 30.7. The number of pyridine rings is 1. The van der Waals surface area contributed by atoms with E-state index in [2.05, 4.69) is 15.4 Å². The van der Waals surface area contributed by atoms with E-state index < -0.39 is 45.6 Å². The summed E-state index contributed by atoms with van der Waals surface area (Å²) >= 11 is 0. The molecule has 0 aliphatic heterocycles. The van der Waals surface area contributed by atoms with Crippen molar-refractivity contribution in [1.82, 2.24) is 14.6 Å². The number of hydrogen-bond acceptors (Lipinski definition) is 11. The minimum absolute atomic E-state index is 0.00642. The summed E-state index contributed by atoms with van der Waals surface area (Å²) < 4.78 is 55.7. The van der Waals surface area contributed by atoms with Crippen LogP contribution in [0.4, 0.5) is 26.5 Å². The van der Waals surface area contributed by atoms with Gasteiger partial charge in [0.2, 0.25) is 12.2 Å². The Morgan fingerprint density at radius 2 is 1.57 bits per heavy atom. The van der Waals surface area contributed by atoms with Gasteiger partial charge in [-0.05, 0) is 72.0 Å². The van der Waals surface area contributed by atoms with Crippen LogP contribution in [0.15, 0.2) is 90.0 Å². The Morgan fingerprint density at radius 3 is 2.19 bits per heavy atom. The highest BCUT2D eigenvalue weighted by Gasteiger charge is 2.33. The van der Waals surface area contributed by atoms with Crippen molar-refractivity contribution in [3.8, 4) is 16.9 Å². The van der Waals surface area contributed by atoms with E-state index in [0.29, 0.717) is 16.9 Å². The van der Waals surface area contributed by atoms with Crippen LogP contribution in [-0.4, -0.2) is 66.7 Å². The van der Waals surface area contributed by atoms with Gasteiger partial charge in [-0.15, -0.1) is 5.10 Å². The molecule has 3 N–H and O–H groups in total. The summed E-state index contributed by atoms with van der Waals surface area (Å²) in [6.45, 7) is 8.37. The first kappa shape index (κ1) is 39.3. The zero-order valence-corrected chi connectivity index (χ0v) is 31.5. The number of halogens is 1. The SMILES string of the molecule is COc1cc(S(C)(=O)=O)ccc1N(C(=O)O[C@H](C)OC(=O)[C@@H](N)C(C)(C)C)c1nc2ccc(-c3ccc(NC(=O)[C@H](C)c4ccc(F)cc4)cc3)cn2n1. The molecule has 0 unspecified atom stereocenters. The largest absolute Gasteiger partial charge is 0.495 e. The van der Waals surface area contributed by atoms with Crippen LogP contribution in [0.2, 0.25) is 0 Å². The Kier molecular flexibility index (Phi) is 11.4. The van der Waals surface area contributed by atoms with Crippen LogP contribution in [0.3, 0.4) is 0 Å². The molecule has 0 radical (unpaired) electrons. The fourth-order valence-electron chi connectivity index (χ4n) is 5.21. The summed E-state index contributed by atoms with van der Waals surface area (Å²) in [5.74, 6) is -2.09. The second-order valence-electron chi connectivity index (χ2n) is 13.6. The summed E-state index contributed by atoms with van der Waals surface area (Å²) in [6.07, 6.45) is 0.270. The van der Waals surface area contributed by atoms with Gasteiger partial charge in [-0.25, -0.2) is 27.0 Å². The first-order valence-corrected chi connectivity index (χ1v) is 18.6. The number of nitrogens with one attached hydrogen (secondary N) is 1. The monoisotopic (exact) mass is 760 g/mol. The molecule has 0 fully saturated rings. The van der Waals surface area contributed by atoms with E-state index in [9.17, 15) is 27.2 Å². The van der Waals surface area contributed by atoms with E-state index in [1.165, 1.54) is 48.9 Å². The smallest absolute Gasteiger partial charge is 0.424 e. The van der Waals surface area contributed by atoms with Crippen LogP contribution in [-0.2, 0) is 28.9 Å². The molecule has 2 heterocycles. The van der Waals surface area contributed by atoms with E-state index >= 15 is 0 Å². The molecule has 0 saturated heterocycles.